The van der Waals surface area contributed by atoms with Crippen LogP contribution in [0.2, 0.25) is 0 Å². The highest BCUT2D eigenvalue weighted by Gasteiger charge is 2.13. The van der Waals surface area contributed by atoms with E-state index in [2.05, 4.69) is 5.10 Å². The Hall–Kier alpha value is -2.82. The van der Waals surface area contributed by atoms with Crippen LogP contribution in [0.3, 0.4) is 0 Å². The molecule has 0 bridgehead atoms. The highest BCUT2D eigenvalue weighted by molar-refractivity contribution is 5.99. The number of para-hydroxylation sites is 2. The molecule has 3 N–H and O–H groups in total. The topological polar surface area (TPSA) is 78.9 Å². The van der Waals surface area contributed by atoms with Crippen molar-refractivity contribution in [1.82, 2.24) is 5.01 Å². The summed E-state index contributed by atoms with van der Waals surface area (Å²) >= 11 is 0. The fraction of sp³-hybridized carbons (Fsp3) is 0.0667. The monoisotopic (exact) mass is 269 g/mol. The van der Waals surface area contributed by atoms with Crippen molar-refractivity contribution in [3.05, 3.63) is 59.7 Å². The summed E-state index contributed by atoms with van der Waals surface area (Å²) in [4.78, 5) is 12.1. The first-order valence-corrected chi connectivity index (χ1v) is 6.04. The van der Waals surface area contributed by atoms with Crippen LogP contribution in [0.5, 0.6) is 5.75 Å². The smallest absolute Gasteiger partial charge is 0.275 e. The summed E-state index contributed by atoms with van der Waals surface area (Å²) in [6.45, 7) is 0. The molecule has 2 aromatic carbocycles. The maximum atomic E-state index is 12.1. The van der Waals surface area contributed by atoms with Crippen LogP contribution in [0, 0.1) is 0 Å². The van der Waals surface area contributed by atoms with E-state index in [1.807, 2.05) is 0 Å². The van der Waals surface area contributed by atoms with Crippen molar-refractivity contribution in [2.75, 3.05) is 12.8 Å². The molecular formula is C15H15N3O2. The number of carbonyl (C=O) groups is 1. The lowest BCUT2D eigenvalue weighted by Gasteiger charge is -2.12. The van der Waals surface area contributed by atoms with E-state index in [-0.39, 0.29) is 11.7 Å². The molecule has 0 heterocycles. The molecule has 0 saturated carbocycles. The molecule has 5 heteroatoms. The standard InChI is InChI=1S/C15H15N3O2/c1-18(15(20)12-7-3-4-8-13(12)16)17-10-11-6-2-5-9-14(11)19/h2-10,19H,16H2,1H3. The Morgan fingerprint density at radius 2 is 1.85 bits per heavy atom. The van der Waals surface area contributed by atoms with Crippen LogP contribution in [0.1, 0.15) is 15.9 Å². The second-order valence-corrected chi connectivity index (χ2v) is 4.22. The van der Waals surface area contributed by atoms with E-state index in [9.17, 15) is 9.90 Å². The molecule has 0 unspecified atom stereocenters. The van der Waals surface area contributed by atoms with Gasteiger partial charge >= 0.3 is 0 Å². The minimum absolute atomic E-state index is 0.108. The second kappa shape index (κ2) is 5.88. The van der Waals surface area contributed by atoms with Crippen LogP contribution in [-0.4, -0.2) is 29.3 Å². The SMILES string of the molecule is CN(N=Cc1ccccc1O)C(=O)c1ccccc1N. The molecule has 0 aliphatic carbocycles. The predicted octanol–water partition coefficient (Wildman–Crippen LogP) is 2.08. The van der Waals surface area contributed by atoms with Crippen LogP contribution in [-0.2, 0) is 0 Å². The number of carbonyl (C=O) groups excluding carboxylic acids is 1. The van der Waals surface area contributed by atoms with Crippen molar-refractivity contribution in [2.24, 2.45) is 5.10 Å². The van der Waals surface area contributed by atoms with Gasteiger partial charge in [0, 0.05) is 18.3 Å². The third kappa shape index (κ3) is 2.95. The summed E-state index contributed by atoms with van der Waals surface area (Å²) in [5.41, 5.74) is 7.08. The minimum Gasteiger partial charge on any atom is -0.507 e. The zero-order chi connectivity index (χ0) is 14.5. The summed E-state index contributed by atoms with van der Waals surface area (Å²) in [6.07, 6.45) is 1.42. The molecule has 2 rings (SSSR count). The summed E-state index contributed by atoms with van der Waals surface area (Å²) in [7, 11) is 1.53. The maximum absolute atomic E-state index is 12.1. The molecule has 1 amide bonds. The summed E-state index contributed by atoms with van der Waals surface area (Å²) in [6, 6.07) is 13.6. The normalized spacial score (nSPS) is 10.7. The zero-order valence-corrected chi connectivity index (χ0v) is 11.0. The molecule has 5 nitrogen and oxygen atoms in total. The molecule has 0 aliphatic heterocycles. The third-order valence-electron chi connectivity index (χ3n) is 2.79. The Balaban J connectivity index is 2.17. The molecule has 0 spiro atoms. The van der Waals surface area contributed by atoms with Gasteiger partial charge in [-0.05, 0) is 24.3 Å². The van der Waals surface area contributed by atoms with Gasteiger partial charge in [-0.2, -0.15) is 5.10 Å². The van der Waals surface area contributed by atoms with E-state index in [0.717, 1.165) is 0 Å². The number of phenols is 1. The lowest BCUT2D eigenvalue weighted by atomic mass is 10.1. The minimum atomic E-state index is -0.310. The number of hydrazone groups is 1. The van der Waals surface area contributed by atoms with Crippen molar-refractivity contribution < 1.29 is 9.90 Å². The molecule has 20 heavy (non-hydrogen) atoms. The number of phenolic OH excluding ortho intramolecular Hbond substituents is 1. The number of anilines is 1. The average Bonchev–Trinajstić information content (AvgIpc) is 2.46. The van der Waals surface area contributed by atoms with Crippen molar-refractivity contribution in [1.29, 1.82) is 0 Å². The number of nitrogens with two attached hydrogens (primary N) is 1. The first-order chi connectivity index (χ1) is 9.59. The van der Waals surface area contributed by atoms with E-state index in [4.69, 9.17) is 5.73 Å². The van der Waals surface area contributed by atoms with Gasteiger partial charge in [0.15, 0.2) is 0 Å². The number of hydrogen-bond acceptors (Lipinski definition) is 4. The summed E-state index contributed by atoms with van der Waals surface area (Å²) in [5, 5.41) is 14.8. The number of rotatable bonds is 3. The Bertz CT molecular complexity index is 653. The van der Waals surface area contributed by atoms with Crippen LogP contribution < -0.4 is 5.73 Å². The van der Waals surface area contributed by atoms with Crippen LogP contribution in [0.15, 0.2) is 53.6 Å². The highest BCUT2D eigenvalue weighted by Crippen LogP contribution is 2.15. The van der Waals surface area contributed by atoms with Gasteiger partial charge in [0.05, 0.1) is 11.8 Å². The van der Waals surface area contributed by atoms with Crippen LogP contribution in [0.25, 0.3) is 0 Å². The number of nitrogens with zero attached hydrogens (tertiary/aromatic N) is 2. The predicted molar refractivity (Wildman–Crippen MR) is 78.6 cm³/mol. The van der Waals surface area contributed by atoms with Gasteiger partial charge in [-0.3, -0.25) is 4.79 Å². The summed E-state index contributed by atoms with van der Waals surface area (Å²) < 4.78 is 0. The molecule has 0 aliphatic rings. The Labute approximate surface area is 117 Å². The molecule has 0 saturated heterocycles. The number of aromatic hydroxyl groups is 1. The number of benzene rings is 2. The maximum Gasteiger partial charge on any atom is 0.275 e. The van der Waals surface area contributed by atoms with Crippen LogP contribution >= 0.6 is 0 Å². The van der Waals surface area contributed by atoms with Crippen LogP contribution in [0.4, 0.5) is 5.69 Å². The third-order valence-corrected chi connectivity index (χ3v) is 2.79. The number of nitrogen functional groups attached to an aromatic ring is 1. The fourth-order valence-corrected chi connectivity index (χ4v) is 1.66. The Morgan fingerprint density at radius 1 is 1.20 bits per heavy atom. The van der Waals surface area contributed by atoms with Crippen molar-refractivity contribution in [2.45, 2.75) is 0 Å². The number of amides is 1. The van der Waals surface area contributed by atoms with E-state index in [0.29, 0.717) is 16.8 Å². The Kier molecular flexibility index (Phi) is 4.00. The van der Waals surface area contributed by atoms with E-state index in [1.165, 1.54) is 18.3 Å². The molecule has 0 fully saturated rings. The van der Waals surface area contributed by atoms with Gasteiger partial charge in [-0.15, -0.1) is 0 Å². The molecular weight excluding hydrogens is 254 g/mol. The molecule has 0 atom stereocenters. The average molecular weight is 269 g/mol. The summed E-state index contributed by atoms with van der Waals surface area (Å²) in [5.74, 6) is -0.203. The lowest BCUT2D eigenvalue weighted by molar-refractivity contribution is 0.0801. The molecule has 2 aromatic rings. The Morgan fingerprint density at radius 3 is 2.55 bits per heavy atom. The molecule has 0 aromatic heterocycles. The highest BCUT2D eigenvalue weighted by atomic mass is 16.3. The van der Waals surface area contributed by atoms with Gasteiger partial charge in [-0.1, -0.05) is 24.3 Å². The van der Waals surface area contributed by atoms with E-state index >= 15 is 0 Å². The van der Waals surface area contributed by atoms with E-state index in [1.54, 1.807) is 48.5 Å². The van der Waals surface area contributed by atoms with Gasteiger partial charge in [0.25, 0.3) is 5.91 Å². The van der Waals surface area contributed by atoms with Gasteiger partial charge in [0.2, 0.25) is 0 Å². The van der Waals surface area contributed by atoms with Crippen molar-refractivity contribution in [3.63, 3.8) is 0 Å². The first-order valence-electron chi connectivity index (χ1n) is 6.04. The van der Waals surface area contributed by atoms with Gasteiger partial charge < -0.3 is 10.8 Å². The molecule has 0 radical (unpaired) electrons. The lowest BCUT2D eigenvalue weighted by Crippen LogP contribution is -2.22. The van der Waals surface area contributed by atoms with Crippen molar-refractivity contribution >= 4 is 17.8 Å². The largest absolute Gasteiger partial charge is 0.507 e. The first kappa shape index (κ1) is 13.6. The van der Waals surface area contributed by atoms with Crippen molar-refractivity contribution in [3.8, 4) is 5.75 Å². The molecule has 102 valence electrons. The second-order valence-electron chi connectivity index (χ2n) is 4.22. The number of hydrogen-bond donors (Lipinski definition) is 2. The van der Waals surface area contributed by atoms with Gasteiger partial charge in [-0.25, -0.2) is 5.01 Å². The van der Waals surface area contributed by atoms with Gasteiger partial charge in [0.1, 0.15) is 5.75 Å². The quantitative estimate of drug-likeness (QED) is 0.508. The van der Waals surface area contributed by atoms with E-state index < -0.39 is 0 Å². The fourth-order valence-electron chi connectivity index (χ4n) is 1.66. The zero-order valence-electron chi connectivity index (χ0n) is 11.0.